The lowest BCUT2D eigenvalue weighted by molar-refractivity contribution is 0.0911. The molecule has 0 aliphatic heterocycles. The molecule has 1 rings (SSSR count). The van der Waals surface area contributed by atoms with Crippen LogP contribution in [0.4, 0.5) is 0 Å². The molecule has 0 aromatic carbocycles. The Balaban J connectivity index is 2.65. The highest BCUT2D eigenvalue weighted by Crippen LogP contribution is 2.01. The fourth-order valence-corrected chi connectivity index (χ4v) is 0.780. The van der Waals surface area contributed by atoms with Gasteiger partial charge in [-0.05, 0) is 13.8 Å². The quantitative estimate of drug-likeness (QED) is 0.679. The average Bonchev–Trinajstić information content (AvgIpc) is 2.51. The Kier molecular flexibility index (Phi) is 2.70. The van der Waals surface area contributed by atoms with E-state index in [1.807, 2.05) is 0 Å². The lowest BCUT2D eigenvalue weighted by atomic mass is 10.3. The fourth-order valence-electron chi connectivity index (χ4n) is 0.780. The largest absolute Gasteiger partial charge is 0.351 e. The number of nitrogens with one attached hydrogen (secondary N) is 1. The third kappa shape index (κ3) is 2.34. The molecule has 1 N–H and O–H groups in total. The molecule has 1 amide bonds. The number of hydrogen-bond acceptors (Lipinski definition) is 3. The SMILES string of the molecule is C#CC(C)NC(=O)c1cc(C)no1. The highest BCUT2D eigenvalue weighted by molar-refractivity contribution is 5.91. The lowest BCUT2D eigenvalue weighted by Crippen LogP contribution is -2.30. The maximum atomic E-state index is 11.3. The second kappa shape index (κ2) is 3.76. The van der Waals surface area contributed by atoms with Gasteiger partial charge in [0.15, 0.2) is 0 Å². The van der Waals surface area contributed by atoms with E-state index in [1.54, 1.807) is 19.9 Å². The second-order valence-corrected chi connectivity index (χ2v) is 2.69. The average molecular weight is 178 g/mol. The Morgan fingerprint density at radius 2 is 2.54 bits per heavy atom. The van der Waals surface area contributed by atoms with Gasteiger partial charge < -0.3 is 9.84 Å². The minimum Gasteiger partial charge on any atom is -0.351 e. The summed E-state index contributed by atoms with van der Waals surface area (Å²) in [4.78, 5) is 11.3. The highest BCUT2D eigenvalue weighted by atomic mass is 16.5. The summed E-state index contributed by atoms with van der Waals surface area (Å²) >= 11 is 0. The first-order chi connectivity index (χ1) is 6.13. The van der Waals surface area contributed by atoms with Crippen LogP contribution in [0.25, 0.3) is 0 Å². The number of carbonyl (C=O) groups excluding carboxylic acids is 1. The maximum Gasteiger partial charge on any atom is 0.290 e. The molecule has 4 heteroatoms. The first-order valence-electron chi connectivity index (χ1n) is 3.84. The van der Waals surface area contributed by atoms with E-state index in [1.165, 1.54) is 0 Å². The van der Waals surface area contributed by atoms with Crippen molar-refractivity contribution in [3.63, 3.8) is 0 Å². The second-order valence-electron chi connectivity index (χ2n) is 2.69. The molecule has 1 heterocycles. The molecular formula is C9H10N2O2. The standard InChI is InChI=1S/C9H10N2O2/c1-4-6(2)10-9(12)8-5-7(3)11-13-8/h1,5-6H,2-3H3,(H,10,12). The van der Waals surface area contributed by atoms with Gasteiger partial charge in [0.1, 0.15) is 0 Å². The molecular weight excluding hydrogens is 168 g/mol. The van der Waals surface area contributed by atoms with Crippen molar-refractivity contribution < 1.29 is 9.32 Å². The monoisotopic (exact) mass is 178 g/mol. The zero-order chi connectivity index (χ0) is 9.84. The lowest BCUT2D eigenvalue weighted by Gasteiger charge is -2.03. The number of terminal acetylenes is 1. The van der Waals surface area contributed by atoms with Crippen molar-refractivity contribution in [2.45, 2.75) is 19.9 Å². The summed E-state index contributed by atoms with van der Waals surface area (Å²) in [7, 11) is 0. The normalized spacial score (nSPS) is 11.8. The Labute approximate surface area is 76.3 Å². The zero-order valence-electron chi connectivity index (χ0n) is 7.50. The van der Waals surface area contributed by atoms with Crippen molar-refractivity contribution in [1.82, 2.24) is 10.5 Å². The zero-order valence-corrected chi connectivity index (χ0v) is 7.50. The Bertz CT molecular complexity index is 349. The van der Waals surface area contributed by atoms with Crippen LogP contribution in [0.3, 0.4) is 0 Å². The van der Waals surface area contributed by atoms with E-state index in [0.717, 1.165) is 0 Å². The minimum atomic E-state index is -0.342. The fraction of sp³-hybridized carbons (Fsp3) is 0.333. The van der Waals surface area contributed by atoms with Crippen molar-refractivity contribution in [3.05, 3.63) is 17.5 Å². The first kappa shape index (κ1) is 9.33. The van der Waals surface area contributed by atoms with Gasteiger partial charge in [-0.3, -0.25) is 4.79 Å². The molecule has 0 aliphatic rings. The molecule has 0 aliphatic carbocycles. The topological polar surface area (TPSA) is 55.1 Å². The van der Waals surface area contributed by atoms with E-state index in [2.05, 4.69) is 16.4 Å². The molecule has 1 aromatic heterocycles. The Hall–Kier alpha value is -1.76. The van der Waals surface area contributed by atoms with Crippen molar-refractivity contribution in [2.24, 2.45) is 0 Å². The number of carbonyl (C=O) groups is 1. The summed E-state index contributed by atoms with van der Waals surface area (Å²) in [6.45, 7) is 3.45. The molecule has 0 saturated heterocycles. The van der Waals surface area contributed by atoms with Crippen LogP contribution < -0.4 is 5.32 Å². The van der Waals surface area contributed by atoms with Crippen LogP contribution in [0.1, 0.15) is 23.2 Å². The van der Waals surface area contributed by atoms with Crippen molar-refractivity contribution in [1.29, 1.82) is 0 Å². The van der Waals surface area contributed by atoms with Crippen LogP contribution in [0.15, 0.2) is 10.6 Å². The highest BCUT2D eigenvalue weighted by Gasteiger charge is 2.12. The Morgan fingerprint density at radius 1 is 1.85 bits per heavy atom. The van der Waals surface area contributed by atoms with Gasteiger partial charge in [0, 0.05) is 6.07 Å². The molecule has 1 atom stereocenters. The van der Waals surface area contributed by atoms with E-state index in [4.69, 9.17) is 10.9 Å². The van der Waals surface area contributed by atoms with Gasteiger partial charge in [0.2, 0.25) is 5.76 Å². The maximum absolute atomic E-state index is 11.3. The number of rotatable bonds is 2. The van der Waals surface area contributed by atoms with Crippen LogP contribution in [-0.2, 0) is 0 Å². The first-order valence-corrected chi connectivity index (χ1v) is 3.84. The summed E-state index contributed by atoms with van der Waals surface area (Å²) in [5, 5.41) is 6.13. The number of amides is 1. The third-order valence-corrected chi connectivity index (χ3v) is 1.45. The molecule has 1 unspecified atom stereocenters. The van der Waals surface area contributed by atoms with E-state index >= 15 is 0 Å². The molecule has 13 heavy (non-hydrogen) atoms. The van der Waals surface area contributed by atoms with Gasteiger partial charge in [-0.15, -0.1) is 6.42 Å². The van der Waals surface area contributed by atoms with Gasteiger partial charge in [0.05, 0.1) is 11.7 Å². The van der Waals surface area contributed by atoms with E-state index in [9.17, 15) is 4.79 Å². The van der Waals surface area contributed by atoms with Gasteiger partial charge in [0.25, 0.3) is 5.91 Å². The smallest absolute Gasteiger partial charge is 0.290 e. The van der Waals surface area contributed by atoms with Gasteiger partial charge in [-0.25, -0.2) is 0 Å². The summed E-state index contributed by atoms with van der Waals surface area (Å²) in [5.41, 5.74) is 0.665. The van der Waals surface area contributed by atoms with Crippen LogP contribution >= 0.6 is 0 Å². The molecule has 0 fully saturated rings. The number of aromatic nitrogens is 1. The van der Waals surface area contributed by atoms with Gasteiger partial charge in [-0.2, -0.15) is 0 Å². The predicted octanol–water partition coefficient (Wildman–Crippen LogP) is 0.735. The molecule has 4 nitrogen and oxygen atoms in total. The summed E-state index contributed by atoms with van der Waals surface area (Å²) in [5.74, 6) is 2.22. The van der Waals surface area contributed by atoms with Crippen LogP contribution in [0.5, 0.6) is 0 Å². The van der Waals surface area contributed by atoms with E-state index in [0.29, 0.717) is 5.69 Å². The van der Waals surface area contributed by atoms with Crippen LogP contribution in [0, 0.1) is 19.3 Å². The molecule has 0 radical (unpaired) electrons. The number of hydrogen-bond donors (Lipinski definition) is 1. The summed E-state index contributed by atoms with van der Waals surface area (Å²) in [6, 6.07) is 1.25. The number of nitrogens with zero attached hydrogens (tertiary/aromatic N) is 1. The molecule has 0 saturated carbocycles. The summed E-state index contributed by atoms with van der Waals surface area (Å²) in [6.07, 6.45) is 5.09. The molecule has 68 valence electrons. The van der Waals surface area contributed by atoms with Crippen LogP contribution in [-0.4, -0.2) is 17.1 Å². The van der Waals surface area contributed by atoms with Crippen molar-refractivity contribution >= 4 is 5.91 Å². The summed E-state index contributed by atoms with van der Waals surface area (Å²) < 4.78 is 4.74. The predicted molar refractivity (Wildman–Crippen MR) is 47.0 cm³/mol. The number of aryl methyl sites for hydroxylation is 1. The van der Waals surface area contributed by atoms with Crippen molar-refractivity contribution in [2.75, 3.05) is 0 Å². The van der Waals surface area contributed by atoms with Crippen molar-refractivity contribution in [3.8, 4) is 12.3 Å². The van der Waals surface area contributed by atoms with Gasteiger partial charge in [-0.1, -0.05) is 11.1 Å². The van der Waals surface area contributed by atoms with Crippen LogP contribution in [0.2, 0.25) is 0 Å². The minimum absolute atomic E-state index is 0.180. The van der Waals surface area contributed by atoms with Gasteiger partial charge >= 0.3 is 0 Å². The molecule has 0 bridgehead atoms. The molecule has 0 spiro atoms. The van der Waals surface area contributed by atoms with E-state index < -0.39 is 0 Å². The third-order valence-electron chi connectivity index (χ3n) is 1.45. The molecule has 1 aromatic rings. The van der Waals surface area contributed by atoms with E-state index in [-0.39, 0.29) is 17.7 Å². The Morgan fingerprint density at radius 3 is 3.00 bits per heavy atom.